The molecule has 5 heteroatoms. The fourth-order valence-electron chi connectivity index (χ4n) is 2.57. The van der Waals surface area contributed by atoms with Gasteiger partial charge in [-0.15, -0.1) is 6.42 Å². The van der Waals surface area contributed by atoms with E-state index in [1.54, 1.807) is 0 Å². The van der Waals surface area contributed by atoms with Crippen molar-refractivity contribution in [2.45, 2.75) is 19.9 Å². The van der Waals surface area contributed by atoms with Crippen LogP contribution in [0.25, 0.3) is 10.2 Å². The number of carbonyl (C=O) groups excluding carboxylic acids is 1. The van der Waals surface area contributed by atoms with Crippen LogP contribution in [0.1, 0.15) is 12.0 Å². The number of para-hydroxylation sites is 2. The molecular formula is C20H18N2O2S. The van der Waals surface area contributed by atoms with Crippen LogP contribution in [-0.2, 0) is 11.3 Å². The highest BCUT2D eigenvalue weighted by Gasteiger charge is 2.09. The zero-order valence-corrected chi connectivity index (χ0v) is 14.8. The van der Waals surface area contributed by atoms with Gasteiger partial charge in [0.2, 0.25) is 0 Å². The first kappa shape index (κ1) is 17.0. The zero-order valence-electron chi connectivity index (χ0n) is 13.9. The largest absolute Gasteiger partial charge is 0.493 e. The van der Waals surface area contributed by atoms with Gasteiger partial charge in [0.25, 0.3) is 5.91 Å². The van der Waals surface area contributed by atoms with Gasteiger partial charge in [0.15, 0.2) is 4.80 Å². The number of rotatable bonds is 5. The van der Waals surface area contributed by atoms with Crippen molar-refractivity contribution in [2.75, 3.05) is 6.61 Å². The summed E-state index contributed by atoms with van der Waals surface area (Å²) in [5.74, 6) is 3.17. The number of carbonyl (C=O) groups is 1. The predicted molar refractivity (Wildman–Crippen MR) is 101 cm³/mol. The molecule has 1 amide bonds. The number of nitrogens with zero attached hydrogens (tertiary/aromatic N) is 2. The molecule has 0 spiro atoms. The number of fused-ring (bicyclic) bond motifs is 1. The third kappa shape index (κ3) is 3.98. The van der Waals surface area contributed by atoms with Crippen molar-refractivity contribution < 1.29 is 9.53 Å². The molecule has 0 atom stereocenters. The van der Waals surface area contributed by atoms with Crippen LogP contribution >= 0.6 is 11.3 Å². The van der Waals surface area contributed by atoms with Crippen LogP contribution in [0.4, 0.5) is 0 Å². The van der Waals surface area contributed by atoms with E-state index in [1.807, 2.05) is 60.0 Å². The average Bonchev–Trinajstić information content (AvgIpc) is 2.95. The normalized spacial score (nSPS) is 11.4. The molecule has 0 aliphatic heterocycles. The van der Waals surface area contributed by atoms with Gasteiger partial charge in [0, 0.05) is 0 Å². The summed E-state index contributed by atoms with van der Waals surface area (Å²) < 4.78 is 8.55. The molecule has 0 aliphatic carbocycles. The Hall–Kier alpha value is -2.84. The van der Waals surface area contributed by atoms with Gasteiger partial charge in [0.1, 0.15) is 5.75 Å². The highest BCUT2D eigenvalue weighted by atomic mass is 32.1. The average molecular weight is 350 g/mol. The van der Waals surface area contributed by atoms with Crippen molar-refractivity contribution >= 4 is 27.5 Å². The Morgan fingerprint density at radius 3 is 2.80 bits per heavy atom. The molecule has 25 heavy (non-hydrogen) atoms. The van der Waals surface area contributed by atoms with Gasteiger partial charge in [-0.2, -0.15) is 4.99 Å². The van der Waals surface area contributed by atoms with E-state index in [9.17, 15) is 4.79 Å². The van der Waals surface area contributed by atoms with Crippen LogP contribution in [0.5, 0.6) is 5.75 Å². The van der Waals surface area contributed by atoms with Crippen molar-refractivity contribution in [3.8, 4) is 18.1 Å². The van der Waals surface area contributed by atoms with Crippen molar-refractivity contribution in [2.24, 2.45) is 4.99 Å². The Bertz CT molecular complexity index is 994. The molecule has 3 rings (SSSR count). The molecule has 1 aromatic heterocycles. The van der Waals surface area contributed by atoms with E-state index in [0.29, 0.717) is 18.0 Å². The number of benzene rings is 2. The van der Waals surface area contributed by atoms with Crippen LogP contribution in [0, 0.1) is 19.3 Å². The Morgan fingerprint density at radius 2 is 2.04 bits per heavy atom. The Morgan fingerprint density at radius 1 is 1.24 bits per heavy atom. The molecule has 0 aliphatic rings. The van der Waals surface area contributed by atoms with Crippen LogP contribution < -0.4 is 9.54 Å². The minimum atomic E-state index is -0.217. The van der Waals surface area contributed by atoms with Crippen LogP contribution in [0.2, 0.25) is 0 Å². The van der Waals surface area contributed by atoms with Crippen molar-refractivity contribution in [1.82, 2.24) is 4.57 Å². The number of hydrogen-bond donors (Lipinski definition) is 0. The summed E-state index contributed by atoms with van der Waals surface area (Å²) in [6, 6.07) is 15.5. The lowest BCUT2D eigenvalue weighted by atomic mass is 10.2. The summed E-state index contributed by atoms with van der Waals surface area (Å²) in [6.07, 6.45) is 5.71. The topological polar surface area (TPSA) is 43.6 Å². The minimum Gasteiger partial charge on any atom is -0.493 e. The number of hydrogen-bond acceptors (Lipinski definition) is 3. The molecule has 2 aromatic carbocycles. The van der Waals surface area contributed by atoms with Gasteiger partial charge in [-0.05, 0) is 30.7 Å². The SMILES string of the molecule is C#CCn1c(=NC(=O)CCOc2ccccc2)sc2cccc(C)c21. The predicted octanol–water partition coefficient (Wildman–Crippen LogP) is 3.54. The first-order valence-corrected chi connectivity index (χ1v) is 8.78. The fourth-order valence-corrected chi connectivity index (χ4v) is 3.69. The summed E-state index contributed by atoms with van der Waals surface area (Å²) in [6.45, 7) is 2.71. The molecule has 0 saturated carbocycles. The third-order valence-electron chi connectivity index (χ3n) is 3.70. The van der Waals surface area contributed by atoms with Gasteiger partial charge in [-0.25, -0.2) is 0 Å². The van der Waals surface area contributed by atoms with E-state index in [4.69, 9.17) is 11.2 Å². The molecule has 0 fully saturated rings. The number of ether oxygens (including phenoxy) is 1. The molecule has 0 saturated heterocycles. The molecule has 0 unspecified atom stereocenters. The van der Waals surface area contributed by atoms with Gasteiger partial charge < -0.3 is 9.30 Å². The number of aryl methyl sites for hydroxylation is 1. The second-order valence-electron chi connectivity index (χ2n) is 5.51. The molecule has 0 bridgehead atoms. The maximum absolute atomic E-state index is 12.2. The standard InChI is InChI=1S/C20H18N2O2S/c1-3-13-22-19-15(2)8-7-11-17(19)25-20(22)21-18(23)12-14-24-16-9-5-4-6-10-16/h1,4-11H,12-14H2,2H3. The van der Waals surface area contributed by atoms with Crippen molar-refractivity contribution in [3.05, 3.63) is 58.9 Å². The zero-order chi connectivity index (χ0) is 17.6. The summed E-state index contributed by atoms with van der Waals surface area (Å²) in [5.41, 5.74) is 2.16. The van der Waals surface area contributed by atoms with Gasteiger partial charge in [0.05, 0.1) is 29.8 Å². The van der Waals surface area contributed by atoms with E-state index in [1.165, 1.54) is 11.3 Å². The van der Waals surface area contributed by atoms with E-state index >= 15 is 0 Å². The number of thiazole rings is 1. The number of aromatic nitrogens is 1. The highest BCUT2D eigenvalue weighted by Crippen LogP contribution is 2.20. The Balaban J connectivity index is 1.80. The molecule has 1 heterocycles. The lowest BCUT2D eigenvalue weighted by molar-refractivity contribution is -0.118. The lowest BCUT2D eigenvalue weighted by Gasteiger charge is -2.04. The van der Waals surface area contributed by atoms with Gasteiger partial charge >= 0.3 is 0 Å². The Labute approximate surface area is 150 Å². The lowest BCUT2D eigenvalue weighted by Crippen LogP contribution is -2.17. The van der Waals surface area contributed by atoms with Crippen molar-refractivity contribution in [3.63, 3.8) is 0 Å². The molecule has 4 nitrogen and oxygen atoms in total. The summed E-state index contributed by atoms with van der Waals surface area (Å²) in [7, 11) is 0. The summed E-state index contributed by atoms with van der Waals surface area (Å²) in [5, 5.41) is 0. The molecule has 0 N–H and O–H groups in total. The van der Waals surface area contributed by atoms with Crippen LogP contribution in [0.15, 0.2) is 53.5 Å². The minimum absolute atomic E-state index is 0.217. The molecule has 0 radical (unpaired) electrons. The molecule has 126 valence electrons. The monoisotopic (exact) mass is 350 g/mol. The molecule has 3 aromatic rings. The van der Waals surface area contributed by atoms with Gasteiger partial charge in [-0.1, -0.05) is 47.6 Å². The second-order valence-corrected chi connectivity index (χ2v) is 6.52. The van der Waals surface area contributed by atoms with E-state index < -0.39 is 0 Å². The smallest absolute Gasteiger partial charge is 0.251 e. The van der Waals surface area contributed by atoms with Gasteiger partial charge in [-0.3, -0.25) is 4.79 Å². The quantitative estimate of drug-likeness (QED) is 0.661. The van der Waals surface area contributed by atoms with E-state index in [2.05, 4.69) is 10.9 Å². The van der Waals surface area contributed by atoms with E-state index in [-0.39, 0.29) is 12.3 Å². The molecular weight excluding hydrogens is 332 g/mol. The second kappa shape index (κ2) is 7.82. The maximum Gasteiger partial charge on any atom is 0.251 e. The highest BCUT2D eigenvalue weighted by molar-refractivity contribution is 7.16. The Kier molecular flexibility index (Phi) is 5.32. The van der Waals surface area contributed by atoms with Crippen LogP contribution in [0.3, 0.4) is 0 Å². The summed E-state index contributed by atoms with van der Waals surface area (Å²) >= 11 is 1.48. The maximum atomic E-state index is 12.2. The fraction of sp³-hybridized carbons (Fsp3) is 0.200. The number of terminal acetylenes is 1. The van der Waals surface area contributed by atoms with Crippen molar-refractivity contribution in [1.29, 1.82) is 0 Å². The number of amides is 1. The first-order chi connectivity index (χ1) is 12.2. The van der Waals surface area contributed by atoms with E-state index in [0.717, 1.165) is 21.5 Å². The van der Waals surface area contributed by atoms with Crippen LogP contribution in [-0.4, -0.2) is 17.1 Å². The third-order valence-corrected chi connectivity index (χ3v) is 4.74. The first-order valence-electron chi connectivity index (χ1n) is 7.97. The summed E-state index contributed by atoms with van der Waals surface area (Å²) in [4.78, 5) is 17.1.